The van der Waals surface area contributed by atoms with Crippen LogP contribution in [-0.2, 0) is 4.79 Å². The Bertz CT molecular complexity index is 271. The van der Waals surface area contributed by atoms with E-state index in [1.807, 2.05) is 6.20 Å². The molecule has 3 nitrogen and oxygen atoms in total. The number of carbonyl (C=O) groups is 1. The SMILES string of the molecule is CC(=O)NC=C1CCCN2CCCC[C@H]12. The maximum atomic E-state index is 10.9. The molecule has 1 amide bonds. The normalized spacial score (nSPS) is 29.9. The maximum Gasteiger partial charge on any atom is 0.220 e. The third-order valence-corrected chi connectivity index (χ3v) is 3.41. The van der Waals surface area contributed by atoms with Gasteiger partial charge < -0.3 is 5.32 Å². The first kappa shape index (κ1) is 10.7. The van der Waals surface area contributed by atoms with Gasteiger partial charge in [-0.15, -0.1) is 0 Å². The zero-order valence-electron chi connectivity index (χ0n) is 9.46. The van der Waals surface area contributed by atoms with Crippen LogP contribution in [0, 0.1) is 0 Å². The number of piperidine rings is 2. The molecule has 0 aliphatic carbocycles. The summed E-state index contributed by atoms with van der Waals surface area (Å²) < 4.78 is 0. The van der Waals surface area contributed by atoms with Crippen LogP contribution >= 0.6 is 0 Å². The van der Waals surface area contributed by atoms with Crippen LogP contribution in [-0.4, -0.2) is 29.9 Å². The number of amides is 1. The lowest BCUT2D eigenvalue weighted by Crippen LogP contribution is -2.44. The van der Waals surface area contributed by atoms with Gasteiger partial charge in [-0.05, 0) is 44.3 Å². The van der Waals surface area contributed by atoms with Gasteiger partial charge in [0.25, 0.3) is 0 Å². The molecule has 0 saturated carbocycles. The van der Waals surface area contributed by atoms with Gasteiger partial charge in [0.05, 0.1) is 0 Å². The molecule has 0 bridgehead atoms. The third kappa shape index (κ3) is 2.59. The van der Waals surface area contributed by atoms with Crippen LogP contribution in [0.5, 0.6) is 0 Å². The van der Waals surface area contributed by atoms with Crippen LogP contribution in [0.25, 0.3) is 0 Å². The molecule has 1 N–H and O–H groups in total. The quantitative estimate of drug-likeness (QED) is 0.710. The summed E-state index contributed by atoms with van der Waals surface area (Å²) in [6, 6.07) is 0.611. The van der Waals surface area contributed by atoms with E-state index in [-0.39, 0.29) is 5.91 Å². The van der Waals surface area contributed by atoms with Crippen molar-refractivity contribution in [3.8, 4) is 0 Å². The second-order valence-electron chi connectivity index (χ2n) is 4.57. The Morgan fingerprint density at radius 3 is 3.00 bits per heavy atom. The van der Waals surface area contributed by atoms with E-state index in [4.69, 9.17) is 0 Å². The van der Waals surface area contributed by atoms with Gasteiger partial charge in [-0.3, -0.25) is 9.69 Å². The van der Waals surface area contributed by atoms with E-state index in [0.717, 1.165) is 6.42 Å². The highest BCUT2D eigenvalue weighted by molar-refractivity contribution is 5.74. The van der Waals surface area contributed by atoms with Crippen molar-refractivity contribution in [2.45, 2.75) is 45.1 Å². The molecule has 0 spiro atoms. The van der Waals surface area contributed by atoms with Crippen LogP contribution < -0.4 is 5.32 Å². The molecule has 0 radical (unpaired) electrons. The van der Waals surface area contributed by atoms with Gasteiger partial charge in [0.15, 0.2) is 0 Å². The van der Waals surface area contributed by atoms with Crippen molar-refractivity contribution in [3.05, 3.63) is 11.8 Å². The smallest absolute Gasteiger partial charge is 0.220 e. The highest BCUT2D eigenvalue weighted by Crippen LogP contribution is 2.29. The van der Waals surface area contributed by atoms with Gasteiger partial charge in [0.2, 0.25) is 5.91 Å². The lowest BCUT2D eigenvalue weighted by molar-refractivity contribution is -0.118. The van der Waals surface area contributed by atoms with Crippen molar-refractivity contribution in [2.75, 3.05) is 13.1 Å². The summed E-state index contributed by atoms with van der Waals surface area (Å²) in [5, 5.41) is 2.82. The first-order valence-electron chi connectivity index (χ1n) is 5.97. The van der Waals surface area contributed by atoms with E-state index >= 15 is 0 Å². The van der Waals surface area contributed by atoms with E-state index in [9.17, 15) is 4.79 Å². The van der Waals surface area contributed by atoms with E-state index in [2.05, 4.69) is 10.2 Å². The zero-order valence-corrected chi connectivity index (χ0v) is 9.46. The molecular formula is C12H20N2O. The van der Waals surface area contributed by atoms with Gasteiger partial charge >= 0.3 is 0 Å². The number of nitrogens with zero attached hydrogens (tertiary/aromatic N) is 1. The summed E-state index contributed by atoms with van der Waals surface area (Å²) >= 11 is 0. The van der Waals surface area contributed by atoms with Crippen molar-refractivity contribution in [3.63, 3.8) is 0 Å². The summed E-state index contributed by atoms with van der Waals surface area (Å²) in [5.74, 6) is 0.0374. The standard InChI is InChI=1S/C12H20N2O/c1-10(15)13-9-11-5-4-8-14-7-3-2-6-12(11)14/h9,12H,2-8H2,1H3,(H,13,15)/t12-/m1/s1. The molecule has 2 fully saturated rings. The summed E-state index contributed by atoms with van der Waals surface area (Å²) in [6.45, 7) is 4.04. The Morgan fingerprint density at radius 1 is 1.40 bits per heavy atom. The van der Waals surface area contributed by atoms with Crippen molar-refractivity contribution in [1.29, 1.82) is 0 Å². The molecule has 1 atom stereocenters. The second-order valence-corrected chi connectivity index (χ2v) is 4.57. The molecule has 15 heavy (non-hydrogen) atoms. The van der Waals surface area contributed by atoms with Crippen molar-refractivity contribution in [2.24, 2.45) is 0 Å². The molecule has 3 heteroatoms. The van der Waals surface area contributed by atoms with Crippen LogP contribution in [0.4, 0.5) is 0 Å². The van der Waals surface area contributed by atoms with E-state index in [0.29, 0.717) is 6.04 Å². The predicted molar refractivity (Wildman–Crippen MR) is 60.3 cm³/mol. The van der Waals surface area contributed by atoms with E-state index in [1.165, 1.54) is 44.3 Å². The fourth-order valence-electron chi connectivity index (χ4n) is 2.69. The third-order valence-electron chi connectivity index (χ3n) is 3.41. The average Bonchev–Trinajstić information content (AvgIpc) is 2.26. The molecule has 2 aliphatic heterocycles. The fraction of sp³-hybridized carbons (Fsp3) is 0.750. The minimum atomic E-state index is 0.0374. The lowest BCUT2D eigenvalue weighted by Gasteiger charge is -2.40. The Morgan fingerprint density at radius 2 is 2.20 bits per heavy atom. The minimum Gasteiger partial charge on any atom is -0.333 e. The molecule has 0 aromatic heterocycles. The summed E-state index contributed by atoms with van der Waals surface area (Å²) in [7, 11) is 0. The number of hydrogen-bond donors (Lipinski definition) is 1. The van der Waals surface area contributed by atoms with Crippen molar-refractivity contribution in [1.82, 2.24) is 10.2 Å². The number of nitrogens with one attached hydrogen (secondary N) is 1. The first-order valence-corrected chi connectivity index (χ1v) is 5.97. The Hall–Kier alpha value is -0.830. The van der Waals surface area contributed by atoms with Gasteiger partial charge in [-0.25, -0.2) is 0 Å². The summed E-state index contributed by atoms with van der Waals surface area (Å²) in [5.41, 5.74) is 1.43. The molecule has 2 aliphatic rings. The van der Waals surface area contributed by atoms with Crippen LogP contribution in [0.1, 0.15) is 39.0 Å². The zero-order chi connectivity index (χ0) is 10.7. The van der Waals surface area contributed by atoms with E-state index < -0.39 is 0 Å². The topological polar surface area (TPSA) is 32.3 Å². The van der Waals surface area contributed by atoms with Crippen molar-refractivity contribution >= 4 is 5.91 Å². The number of carbonyl (C=O) groups excluding carboxylic acids is 1. The Balaban J connectivity index is 2.03. The van der Waals surface area contributed by atoms with Crippen LogP contribution in [0.15, 0.2) is 11.8 Å². The molecule has 0 aromatic carbocycles. The monoisotopic (exact) mass is 208 g/mol. The highest BCUT2D eigenvalue weighted by atomic mass is 16.1. The maximum absolute atomic E-state index is 10.9. The summed E-state index contributed by atoms with van der Waals surface area (Å²) in [4.78, 5) is 13.4. The van der Waals surface area contributed by atoms with Gasteiger partial charge in [-0.1, -0.05) is 6.42 Å². The number of hydrogen-bond acceptors (Lipinski definition) is 2. The van der Waals surface area contributed by atoms with Gasteiger partial charge in [0, 0.05) is 19.2 Å². The van der Waals surface area contributed by atoms with Crippen LogP contribution in [0.2, 0.25) is 0 Å². The first-order chi connectivity index (χ1) is 7.27. The largest absolute Gasteiger partial charge is 0.333 e. The minimum absolute atomic E-state index is 0.0374. The predicted octanol–water partition coefficient (Wildman–Crippen LogP) is 1.65. The number of fused-ring (bicyclic) bond motifs is 1. The van der Waals surface area contributed by atoms with Gasteiger partial charge in [-0.2, -0.15) is 0 Å². The molecular weight excluding hydrogens is 188 g/mol. The van der Waals surface area contributed by atoms with Gasteiger partial charge in [0.1, 0.15) is 0 Å². The average molecular weight is 208 g/mol. The van der Waals surface area contributed by atoms with Crippen LogP contribution in [0.3, 0.4) is 0 Å². The molecule has 2 heterocycles. The Kier molecular flexibility index (Phi) is 3.41. The molecule has 0 aromatic rings. The highest BCUT2D eigenvalue weighted by Gasteiger charge is 2.28. The lowest BCUT2D eigenvalue weighted by atomic mass is 9.89. The molecule has 2 saturated heterocycles. The second kappa shape index (κ2) is 4.79. The number of rotatable bonds is 1. The molecule has 0 unspecified atom stereocenters. The summed E-state index contributed by atoms with van der Waals surface area (Å²) in [6.07, 6.45) is 8.28. The Labute approximate surface area is 91.5 Å². The van der Waals surface area contributed by atoms with Crippen molar-refractivity contribution < 1.29 is 4.79 Å². The fourth-order valence-corrected chi connectivity index (χ4v) is 2.69. The molecule has 2 rings (SSSR count). The molecule has 84 valence electrons. The van der Waals surface area contributed by atoms with E-state index in [1.54, 1.807) is 6.92 Å².